The van der Waals surface area contributed by atoms with E-state index in [1.807, 2.05) is 41.0 Å². The van der Waals surface area contributed by atoms with E-state index in [1.54, 1.807) is 6.92 Å². The quantitative estimate of drug-likeness (QED) is 0.199. The molecule has 2 heterocycles. The van der Waals surface area contributed by atoms with E-state index in [9.17, 15) is 4.79 Å². The van der Waals surface area contributed by atoms with Gasteiger partial charge in [0.1, 0.15) is 5.82 Å². The monoisotopic (exact) mass is 528 g/mol. The summed E-state index contributed by atoms with van der Waals surface area (Å²) >= 11 is 10.1. The second-order valence-electron chi connectivity index (χ2n) is 7.89. The van der Waals surface area contributed by atoms with Crippen molar-refractivity contribution in [1.82, 2.24) is 14.5 Å². The Morgan fingerprint density at radius 2 is 1.97 bits per heavy atom. The summed E-state index contributed by atoms with van der Waals surface area (Å²) in [6, 6.07) is 14.0. The Morgan fingerprint density at radius 1 is 1.21 bits per heavy atom. The van der Waals surface area contributed by atoms with E-state index in [2.05, 4.69) is 38.9 Å². The Kier molecular flexibility index (Phi) is 7.10. The van der Waals surface area contributed by atoms with Gasteiger partial charge in [-0.05, 0) is 64.7 Å². The highest BCUT2D eigenvalue weighted by Crippen LogP contribution is 2.36. The summed E-state index contributed by atoms with van der Waals surface area (Å²) in [7, 11) is 0. The maximum Gasteiger partial charge on any atom is 0.358 e. The smallest absolute Gasteiger partial charge is 0.358 e. The van der Waals surface area contributed by atoms with Gasteiger partial charge in [0.25, 0.3) is 0 Å². The minimum Gasteiger partial charge on any atom is -0.461 e. The van der Waals surface area contributed by atoms with E-state index in [0.29, 0.717) is 12.2 Å². The van der Waals surface area contributed by atoms with Gasteiger partial charge in [0.2, 0.25) is 0 Å². The molecular formula is C25H26BrClN4O2. The van der Waals surface area contributed by atoms with Gasteiger partial charge >= 0.3 is 5.97 Å². The highest BCUT2D eigenvalue weighted by molar-refractivity contribution is 9.10. The van der Waals surface area contributed by atoms with Crippen LogP contribution in [0.15, 0.2) is 46.9 Å². The highest BCUT2D eigenvalue weighted by atomic mass is 79.9. The van der Waals surface area contributed by atoms with Gasteiger partial charge in [-0.25, -0.2) is 9.78 Å². The molecule has 0 bridgehead atoms. The number of anilines is 1. The van der Waals surface area contributed by atoms with Crippen molar-refractivity contribution in [2.45, 2.75) is 39.7 Å². The number of nitrogens with one attached hydrogen (secondary N) is 1. The van der Waals surface area contributed by atoms with Crippen LogP contribution in [0.2, 0.25) is 5.15 Å². The zero-order valence-corrected chi connectivity index (χ0v) is 21.0. The van der Waals surface area contributed by atoms with Gasteiger partial charge < -0.3 is 20.0 Å². The fourth-order valence-corrected chi connectivity index (χ4v) is 4.83. The maximum absolute atomic E-state index is 12.6. The fraction of sp³-hybridized carbons (Fsp3) is 0.280. The van der Waals surface area contributed by atoms with Crippen LogP contribution in [0.1, 0.15) is 48.6 Å². The molecule has 0 atom stereocenters. The second kappa shape index (κ2) is 10.0. The normalized spacial score (nSPS) is 11.3. The van der Waals surface area contributed by atoms with Crippen LogP contribution in [0.5, 0.6) is 0 Å². The number of fused-ring (bicyclic) bond motifs is 1. The van der Waals surface area contributed by atoms with Crippen molar-refractivity contribution < 1.29 is 9.53 Å². The van der Waals surface area contributed by atoms with Crippen LogP contribution in [0.4, 0.5) is 5.69 Å². The number of esters is 1. The molecule has 0 aliphatic heterocycles. The Morgan fingerprint density at radius 3 is 2.67 bits per heavy atom. The Bertz CT molecular complexity index is 1290. The van der Waals surface area contributed by atoms with Crippen LogP contribution >= 0.6 is 27.5 Å². The lowest BCUT2D eigenvalue weighted by Crippen LogP contribution is -2.15. The number of H-pyrrole nitrogens is 1. The third-order valence-corrected chi connectivity index (χ3v) is 6.65. The number of carbonyl (C=O) groups excluding carboxylic acids is 1. The lowest BCUT2D eigenvalue weighted by atomic mass is 10.1. The van der Waals surface area contributed by atoms with Crippen LogP contribution in [-0.4, -0.2) is 27.1 Å². The Labute approximate surface area is 206 Å². The highest BCUT2D eigenvalue weighted by Gasteiger charge is 2.23. The van der Waals surface area contributed by atoms with Crippen molar-refractivity contribution in [3.63, 3.8) is 0 Å². The molecule has 0 aliphatic carbocycles. The number of aryl methyl sites for hydroxylation is 1. The molecule has 0 spiro atoms. The number of nitrogens with zero attached hydrogens (tertiary/aromatic N) is 2. The molecule has 33 heavy (non-hydrogen) atoms. The number of aromatic amines is 1. The minimum atomic E-state index is -0.452. The summed E-state index contributed by atoms with van der Waals surface area (Å²) in [5.41, 5.74) is 10.9. The summed E-state index contributed by atoms with van der Waals surface area (Å²) in [6.45, 7) is 4.65. The van der Waals surface area contributed by atoms with Crippen LogP contribution in [0.25, 0.3) is 22.2 Å². The number of carbonyl (C=O) groups is 1. The number of hydrogen-bond acceptors (Lipinski definition) is 4. The van der Waals surface area contributed by atoms with E-state index >= 15 is 0 Å². The molecule has 0 fully saturated rings. The first-order valence-corrected chi connectivity index (χ1v) is 12.2. The largest absolute Gasteiger partial charge is 0.461 e. The van der Waals surface area contributed by atoms with E-state index in [-0.39, 0.29) is 11.8 Å². The van der Waals surface area contributed by atoms with E-state index in [1.165, 1.54) is 0 Å². The zero-order chi connectivity index (χ0) is 23.5. The SMILES string of the molecule is CCCCc1nc(Cl)c(C(=O)OCC)n1Cc1ccc2[nH]c(-c3ccc(N)cc3)c(Br)c2c1. The topological polar surface area (TPSA) is 85.9 Å². The number of halogens is 2. The lowest BCUT2D eigenvalue weighted by molar-refractivity contribution is 0.0514. The first kappa shape index (κ1) is 23.4. The molecule has 0 saturated carbocycles. The van der Waals surface area contributed by atoms with Crippen LogP contribution in [0.3, 0.4) is 0 Å². The molecule has 4 rings (SSSR count). The lowest BCUT2D eigenvalue weighted by Gasteiger charge is -2.12. The van der Waals surface area contributed by atoms with Crippen LogP contribution in [-0.2, 0) is 17.7 Å². The number of hydrogen-bond donors (Lipinski definition) is 2. The van der Waals surface area contributed by atoms with Crippen molar-refractivity contribution in [3.05, 3.63) is 69.2 Å². The first-order valence-electron chi connectivity index (χ1n) is 11.0. The summed E-state index contributed by atoms with van der Waals surface area (Å²) in [4.78, 5) is 20.6. The molecule has 2 aromatic carbocycles. The predicted molar refractivity (Wildman–Crippen MR) is 137 cm³/mol. The van der Waals surface area contributed by atoms with Gasteiger partial charge in [-0.15, -0.1) is 0 Å². The van der Waals surface area contributed by atoms with Crippen molar-refractivity contribution in [2.75, 3.05) is 12.3 Å². The molecule has 0 radical (unpaired) electrons. The molecule has 6 nitrogen and oxygen atoms in total. The molecule has 4 aromatic rings. The Hall–Kier alpha value is -2.77. The number of nitrogens with two attached hydrogens (primary N) is 1. The molecule has 8 heteroatoms. The molecule has 3 N–H and O–H groups in total. The fourth-order valence-electron chi connectivity index (χ4n) is 3.89. The number of aromatic nitrogens is 3. The van der Waals surface area contributed by atoms with Gasteiger partial charge in [0, 0.05) is 29.6 Å². The molecule has 0 unspecified atom stereocenters. The van der Waals surface area contributed by atoms with Crippen molar-refractivity contribution in [1.29, 1.82) is 0 Å². The van der Waals surface area contributed by atoms with Crippen LogP contribution < -0.4 is 5.73 Å². The number of benzene rings is 2. The average molecular weight is 530 g/mol. The molecular weight excluding hydrogens is 504 g/mol. The third kappa shape index (κ3) is 4.80. The number of imidazole rings is 1. The summed E-state index contributed by atoms with van der Waals surface area (Å²) in [5.74, 6) is 0.341. The van der Waals surface area contributed by atoms with E-state index in [4.69, 9.17) is 22.1 Å². The number of nitrogen functional groups attached to an aromatic ring is 1. The standard InChI is InChI=1S/C25H26BrClN4O2/c1-3-5-6-20-30-24(27)23(25(32)33-4-2)31(20)14-15-7-12-19-18(13-15)21(26)22(29-19)16-8-10-17(28)11-9-16/h7-13,29H,3-6,14,28H2,1-2H3. The summed E-state index contributed by atoms with van der Waals surface area (Å²) < 4.78 is 8.11. The van der Waals surface area contributed by atoms with Gasteiger partial charge in [-0.2, -0.15) is 0 Å². The van der Waals surface area contributed by atoms with Crippen molar-refractivity contribution in [2.24, 2.45) is 0 Å². The first-order chi connectivity index (χ1) is 15.9. The summed E-state index contributed by atoms with van der Waals surface area (Å²) in [5, 5.41) is 1.24. The zero-order valence-electron chi connectivity index (χ0n) is 18.6. The number of unbranched alkanes of at least 4 members (excludes halogenated alkanes) is 1. The minimum absolute atomic E-state index is 0.189. The molecule has 0 saturated heterocycles. The molecule has 2 aromatic heterocycles. The van der Waals surface area contributed by atoms with Gasteiger partial charge in [0.15, 0.2) is 10.8 Å². The molecule has 172 valence electrons. The van der Waals surface area contributed by atoms with E-state index < -0.39 is 5.97 Å². The maximum atomic E-state index is 12.6. The van der Waals surface area contributed by atoms with E-state index in [0.717, 1.165) is 63.0 Å². The molecule has 0 amide bonds. The average Bonchev–Trinajstić information content (AvgIpc) is 3.29. The number of ether oxygens (including phenoxy) is 1. The second-order valence-corrected chi connectivity index (χ2v) is 9.04. The van der Waals surface area contributed by atoms with Gasteiger partial charge in [0.05, 0.1) is 16.8 Å². The van der Waals surface area contributed by atoms with Crippen LogP contribution in [0, 0.1) is 0 Å². The number of rotatable bonds is 8. The third-order valence-electron chi connectivity index (χ3n) is 5.57. The van der Waals surface area contributed by atoms with Gasteiger partial charge in [-0.3, -0.25) is 0 Å². The van der Waals surface area contributed by atoms with Crippen molar-refractivity contribution >= 4 is 50.1 Å². The predicted octanol–water partition coefficient (Wildman–Crippen LogP) is 6.60. The van der Waals surface area contributed by atoms with Gasteiger partial charge in [-0.1, -0.05) is 43.1 Å². The Balaban J connectivity index is 1.73. The van der Waals surface area contributed by atoms with Crippen molar-refractivity contribution in [3.8, 4) is 11.3 Å². The molecule has 0 aliphatic rings. The summed E-state index contributed by atoms with van der Waals surface area (Å²) in [6.07, 6.45) is 2.73.